The standard InChI is InChI=1S/C25H32N2O6/c1-5-32-21-12-8-19(9-13-21)24(29)27-23(17(2)3)25(30)33-16-22(28)26-15-14-18-6-10-20(31-4)11-7-18/h6-13,17,23H,5,14-16H2,1-4H3,(H,26,28)(H,27,29)/t23-/m0/s1. The first-order valence-corrected chi connectivity index (χ1v) is 10.9. The van der Waals surface area contributed by atoms with Gasteiger partial charge in [0, 0.05) is 12.1 Å². The molecular weight excluding hydrogens is 424 g/mol. The van der Waals surface area contributed by atoms with Crippen LogP contribution in [0, 0.1) is 5.92 Å². The van der Waals surface area contributed by atoms with E-state index in [1.807, 2.05) is 31.2 Å². The lowest BCUT2D eigenvalue weighted by atomic mass is 10.0. The molecule has 8 heteroatoms. The average molecular weight is 457 g/mol. The van der Waals surface area contributed by atoms with E-state index in [4.69, 9.17) is 14.2 Å². The number of carbonyl (C=O) groups excluding carboxylic acids is 3. The molecule has 0 aliphatic heterocycles. The van der Waals surface area contributed by atoms with E-state index in [0.29, 0.717) is 30.9 Å². The van der Waals surface area contributed by atoms with Gasteiger partial charge in [-0.1, -0.05) is 26.0 Å². The molecule has 178 valence electrons. The Morgan fingerprint density at radius 1 is 0.939 bits per heavy atom. The number of hydrogen-bond donors (Lipinski definition) is 2. The Hall–Kier alpha value is -3.55. The van der Waals surface area contributed by atoms with Gasteiger partial charge in [0.15, 0.2) is 6.61 Å². The predicted octanol–water partition coefficient (Wildman–Crippen LogP) is 2.75. The summed E-state index contributed by atoms with van der Waals surface area (Å²) < 4.78 is 15.6. The van der Waals surface area contributed by atoms with Gasteiger partial charge in [-0.25, -0.2) is 4.79 Å². The van der Waals surface area contributed by atoms with E-state index in [1.54, 1.807) is 45.2 Å². The normalized spacial score (nSPS) is 11.4. The molecule has 1 atom stereocenters. The zero-order chi connectivity index (χ0) is 24.2. The average Bonchev–Trinajstić information content (AvgIpc) is 2.81. The van der Waals surface area contributed by atoms with Crippen LogP contribution in [0.2, 0.25) is 0 Å². The van der Waals surface area contributed by atoms with Crippen LogP contribution in [-0.4, -0.2) is 50.7 Å². The Labute approximate surface area is 194 Å². The molecule has 0 aromatic heterocycles. The van der Waals surface area contributed by atoms with Crippen LogP contribution >= 0.6 is 0 Å². The van der Waals surface area contributed by atoms with Crippen molar-refractivity contribution in [2.24, 2.45) is 5.92 Å². The third-order valence-corrected chi connectivity index (χ3v) is 4.88. The van der Waals surface area contributed by atoms with Gasteiger partial charge in [-0.2, -0.15) is 0 Å². The smallest absolute Gasteiger partial charge is 0.329 e. The van der Waals surface area contributed by atoms with Gasteiger partial charge in [0.05, 0.1) is 13.7 Å². The lowest BCUT2D eigenvalue weighted by molar-refractivity contribution is -0.151. The summed E-state index contributed by atoms with van der Waals surface area (Å²) in [5.41, 5.74) is 1.44. The Morgan fingerprint density at radius 2 is 1.58 bits per heavy atom. The maximum atomic E-state index is 12.5. The van der Waals surface area contributed by atoms with E-state index in [9.17, 15) is 14.4 Å². The van der Waals surface area contributed by atoms with Crippen molar-refractivity contribution >= 4 is 17.8 Å². The lowest BCUT2D eigenvalue weighted by Gasteiger charge is -2.21. The highest BCUT2D eigenvalue weighted by Gasteiger charge is 2.26. The molecule has 0 aliphatic rings. The number of rotatable bonds is 12. The number of esters is 1. The highest BCUT2D eigenvalue weighted by molar-refractivity contribution is 5.97. The van der Waals surface area contributed by atoms with Crippen LogP contribution in [0.15, 0.2) is 48.5 Å². The largest absolute Gasteiger partial charge is 0.497 e. The topological polar surface area (TPSA) is 103 Å². The molecule has 2 amide bonds. The molecule has 2 aromatic rings. The number of carbonyl (C=O) groups is 3. The van der Waals surface area contributed by atoms with E-state index in [0.717, 1.165) is 11.3 Å². The Bertz CT molecular complexity index is 909. The lowest BCUT2D eigenvalue weighted by Crippen LogP contribution is -2.46. The van der Waals surface area contributed by atoms with Gasteiger partial charge in [0.1, 0.15) is 17.5 Å². The number of ether oxygens (including phenoxy) is 3. The molecular formula is C25H32N2O6. The molecule has 0 aliphatic carbocycles. The molecule has 0 saturated carbocycles. The second-order valence-electron chi connectivity index (χ2n) is 7.71. The van der Waals surface area contributed by atoms with Crippen molar-refractivity contribution in [3.63, 3.8) is 0 Å². The molecule has 33 heavy (non-hydrogen) atoms. The summed E-state index contributed by atoms with van der Waals surface area (Å²) in [6.45, 7) is 5.98. The second kappa shape index (κ2) is 13.1. The summed E-state index contributed by atoms with van der Waals surface area (Å²) >= 11 is 0. The van der Waals surface area contributed by atoms with E-state index < -0.39 is 30.4 Å². The third kappa shape index (κ3) is 8.48. The van der Waals surface area contributed by atoms with Crippen molar-refractivity contribution in [2.75, 3.05) is 26.9 Å². The SMILES string of the molecule is CCOc1ccc(C(=O)N[C@H](C(=O)OCC(=O)NCCc2ccc(OC)cc2)C(C)C)cc1. The zero-order valence-corrected chi connectivity index (χ0v) is 19.6. The molecule has 2 aromatic carbocycles. The molecule has 0 heterocycles. The van der Waals surface area contributed by atoms with E-state index in [-0.39, 0.29) is 5.92 Å². The van der Waals surface area contributed by atoms with Crippen molar-refractivity contribution in [1.29, 1.82) is 0 Å². The van der Waals surface area contributed by atoms with Crippen molar-refractivity contribution in [1.82, 2.24) is 10.6 Å². The van der Waals surface area contributed by atoms with Crippen LogP contribution in [0.1, 0.15) is 36.7 Å². The minimum absolute atomic E-state index is 0.220. The van der Waals surface area contributed by atoms with Crippen molar-refractivity contribution in [3.05, 3.63) is 59.7 Å². The van der Waals surface area contributed by atoms with Crippen molar-refractivity contribution in [2.45, 2.75) is 33.2 Å². The first-order valence-electron chi connectivity index (χ1n) is 10.9. The third-order valence-electron chi connectivity index (χ3n) is 4.88. The van der Waals surface area contributed by atoms with Crippen LogP contribution in [0.4, 0.5) is 0 Å². The van der Waals surface area contributed by atoms with E-state index in [2.05, 4.69) is 10.6 Å². The van der Waals surface area contributed by atoms with Gasteiger partial charge in [0.25, 0.3) is 11.8 Å². The fraction of sp³-hybridized carbons (Fsp3) is 0.400. The van der Waals surface area contributed by atoms with E-state index in [1.165, 1.54) is 0 Å². The summed E-state index contributed by atoms with van der Waals surface area (Å²) in [4.78, 5) is 37.1. The van der Waals surface area contributed by atoms with Crippen LogP contribution in [0.3, 0.4) is 0 Å². The number of methoxy groups -OCH3 is 1. The van der Waals surface area contributed by atoms with Crippen LogP contribution in [-0.2, 0) is 20.7 Å². The molecule has 2 N–H and O–H groups in total. The maximum Gasteiger partial charge on any atom is 0.329 e. The van der Waals surface area contributed by atoms with E-state index >= 15 is 0 Å². The first kappa shape index (κ1) is 25.7. The Balaban J connectivity index is 1.79. The maximum absolute atomic E-state index is 12.5. The second-order valence-corrected chi connectivity index (χ2v) is 7.71. The molecule has 0 radical (unpaired) electrons. The van der Waals surface area contributed by atoms with Gasteiger partial charge in [-0.05, 0) is 61.2 Å². The fourth-order valence-corrected chi connectivity index (χ4v) is 3.01. The number of hydrogen-bond acceptors (Lipinski definition) is 6. The minimum atomic E-state index is -0.879. The first-order chi connectivity index (χ1) is 15.8. The van der Waals surface area contributed by atoms with Crippen LogP contribution in [0.5, 0.6) is 11.5 Å². The number of amides is 2. The summed E-state index contributed by atoms with van der Waals surface area (Å²) in [6.07, 6.45) is 0.635. The summed E-state index contributed by atoms with van der Waals surface area (Å²) in [5.74, 6) is -0.261. The molecule has 0 spiro atoms. The van der Waals surface area contributed by atoms with Crippen LogP contribution < -0.4 is 20.1 Å². The molecule has 0 saturated heterocycles. The molecule has 0 unspecified atom stereocenters. The number of nitrogens with one attached hydrogen (secondary N) is 2. The highest BCUT2D eigenvalue weighted by Crippen LogP contribution is 2.13. The van der Waals surface area contributed by atoms with Crippen molar-refractivity contribution < 1.29 is 28.6 Å². The summed E-state index contributed by atoms with van der Waals surface area (Å²) in [7, 11) is 1.60. The van der Waals surface area contributed by atoms with Gasteiger partial charge in [-0.3, -0.25) is 9.59 Å². The zero-order valence-electron chi connectivity index (χ0n) is 19.6. The van der Waals surface area contributed by atoms with Crippen molar-refractivity contribution in [3.8, 4) is 11.5 Å². The van der Waals surface area contributed by atoms with Gasteiger partial charge >= 0.3 is 5.97 Å². The van der Waals surface area contributed by atoms with Gasteiger partial charge in [-0.15, -0.1) is 0 Å². The quantitative estimate of drug-likeness (QED) is 0.476. The summed E-state index contributed by atoms with van der Waals surface area (Å²) in [5, 5.41) is 5.40. The number of benzene rings is 2. The molecule has 2 rings (SSSR count). The minimum Gasteiger partial charge on any atom is -0.497 e. The van der Waals surface area contributed by atoms with Crippen LogP contribution in [0.25, 0.3) is 0 Å². The monoisotopic (exact) mass is 456 g/mol. The summed E-state index contributed by atoms with van der Waals surface area (Å²) in [6, 6.07) is 13.3. The molecule has 0 bridgehead atoms. The Kier molecular flexibility index (Phi) is 10.2. The Morgan fingerprint density at radius 3 is 2.15 bits per heavy atom. The predicted molar refractivity (Wildman–Crippen MR) is 124 cm³/mol. The molecule has 0 fully saturated rings. The van der Waals surface area contributed by atoms with Gasteiger partial charge in [0.2, 0.25) is 0 Å². The fourth-order valence-electron chi connectivity index (χ4n) is 3.01. The molecule has 8 nitrogen and oxygen atoms in total. The highest BCUT2D eigenvalue weighted by atomic mass is 16.5. The van der Waals surface area contributed by atoms with Gasteiger partial charge < -0.3 is 24.8 Å².